The summed E-state index contributed by atoms with van der Waals surface area (Å²) in [5.41, 5.74) is 2.49. The summed E-state index contributed by atoms with van der Waals surface area (Å²) >= 11 is 7.73. The molecule has 0 aliphatic heterocycles. The van der Waals surface area contributed by atoms with E-state index in [2.05, 4.69) is 15.3 Å². The Morgan fingerprint density at radius 2 is 1.96 bits per heavy atom. The van der Waals surface area contributed by atoms with Gasteiger partial charge in [0.05, 0.1) is 6.26 Å². The number of hydrogen-bond acceptors (Lipinski definition) is 5. The molecule has 0 bridgehead atoms. The molecule has 0 spiro atoms. The molecule has 114 valence electrons. The first-order valence-electron chi connectivity index (χ1n) is 6.94. The maximum Gasteiger partial charge on any atom is 0.212 e. The minimum absolute atomic E-state index is 0.696. The Morgan fingerprint density at radius 3 is 2.78 bits per heavy atom. The number of fused-ring (bicyclic) bond motifs is 1. The second kappa shape index (κ2) is 6.06. The molecule has 0 atom stereocenters. The second-order valence-electron chi connectivity index (χ2n) is 4.83. The van der Waals surface area contributed by atoms with E-state index in [4.69, 9.17) is 16.0 Å². The van der Waals surface area contributed by atoms with E-state index in [9.17, 15) is 0 Å². The van der Waals surface area contributed by atoms with E-state index in [1.807, 2.05) is 48.5 Å². The fourth-order valence-corrected chi connectivity index (χ4v) is 3.35. The second-order valence-corrected chi connectivity index (χ2v) is 6.18. The molecule has 5 nitrogen and oxygen atoms in total. The van der Waals surface area contributed by atoms with Gasteiger partial charge in [-0.1, -0.05) is 41.6 Å². The average Bonchev–Trinajstić information content (AvgIpc) is 3.23. The molecule has 0 N–H and O–H groups in total. The summed E-state index contributed by atoms with van der Waals surface area (Å²) in [5, 5.41) is 14.4. The average molecular weight is 343 g/mol. The molecule has 23 heavy (non-hydrogen) atoms. The molecule has 3 aromatic heterocycles. The summed E-state index contributed by atoms with van der Waals surface area (Å²) in [5.74, 6) is 1.41. The Morgan fingerprint density at radius 1 is 1.04 bits per heavy atom. The smallest absolute Gasteiger partial charge is 0.212 e. The molecule has 0 aliphatic rings. The Balaban J connectivity index is 1.65. The number of aromatic nitrogens is 4. The monoisotopic (exact) mass is 342 g/mol. The fraction of sp³-hybridized carbons (Fsp3) is 0.0625. The quantitative estimate of drug-likeness (QED) is 0.517. The predicted molar refractivity (Wildman–Crippen MR) is 89.5 cm³/mol. The van der Waals surface area contributed by atoms with Gasteiger partial charge in [0.1, 0.15) is 5.69 Å². The Kier molecular flexibility index (Phi) is 3.77. The number of hydrogen-bond donors (Lipinski definition) is 0. The van der Waals surface area contributed by atoms with Crippen molar-refractivity contribution < 1.29 is 4.42 Å². The van der Waals surface area contributed by atoms with Gasteiger partial charge in [-0.15, -0.1) is 10.2 Å². The van der Waals surface area contributed by atoms with Crippen molar-refractivity contribution in [2.45, 2.75) is 10.9 Å². The molecule has 0 amide bonds. The van der Waals surface area contributed by atoms with Crippen LogP contribution in [0, 0.1) is 0 Å². The molecule has 0 saturated heterocycles. The van der Waals surface area contributed by atoms with Crippen LogP contribution in [0.5, 0.6) is 0 Å². The van der Waals surface area contributed by atoms with Crippen LogP contribution in [0.15, 0.2) is 64.4 Å². The zero-order valence-electron chi connectivity index (χ0n) is 11.9. The molecule has 0 radical (unpaired) electrons. The van der Waals surface area contributed by atoms with E-state index in [-0.39, 0.29) is 0 Å². The lowest BCUT2D eigenvalue weighted by Gasteiger charge is -2.03. The van der Waals surface area contributed by atoms with E-state index in [0.29, 0.717) is 22.3 Å². The summed E-state index contributed by atoms with van der Waals surface area (Å²) in [6, 6.07) is 15.2. The largest absolute Gasteiger partial charge is 0.463 e. The van der Waals surface area contributed by atoms with Crippen molar-refractivity contribution >= 4 is 29.0 Å². The highest BCUT2D eigenvalue weighted by molar-refractivity contribution is 7.98. The van der Waals surface area contributed by atoms with Crippen molar-refractivity contribution in [1.29, 1.82) is 0 Å². The molecule has 1 aromatic carbocycles. The van der Waals surface area contributed by atoms with Gasteiger partial charge in [0.25, 0.3) is 0 Å². The van der Waals surface area contributed by atoms with Crippen LogP contribution in [-0.4, -0.2) is 19.8 Å². The Bertz CT molecular complexity index is 952. The van der Waals surface area contributed by atoms with E-state index < -0.39 is 0 Å². The molecule has 3 heterocycles. The maximum absolute atomic E-state index is 6.19. The van der Waals surface area contributed by atoms with Gasteiger partial charge < -0.3 is 4.42 Å². The van der Waals surface area contributed by atoms with Crippen LogP contribution < -0.4 is 0 Å². The number of rotatable bonds is 4. The Hall–Kier alpha value is -2.31. The third-order valence-electron chi connectivity index (χ3n) is 3.32. The standard InChI is InChI=1S/C16H11ClN4OS/c17-12-5-2-1-4-11(12)10-23-16-19-18-15-8-7-13(20-21(15)16)14-6-3-9-22-14/h1-9H,10H2. The number of nitrogens with zero attached hydrogens (tertiary/aromatic N) is 4. The number of benzene rings is 1. The molecule has 0 aliphatic carbocycles. The fourth-order valence-electron chi connectivity index (χ4n) is 2.17. The number of halogens is 1. The van der Waals surface area contributed by atoms with Crippen LogP contribution in [0.4, 0.5) is 0 Å². The lowest BCUT2D eigenvalue weighted by atomic mass is 10.2. The summed E-state index contributed by atoms with van der Waals surface area (Å²) in [7, 11) is 0. The van der Waals surface area contributed by atoms with Crippen LogP contribution >= 0.6 is 23.4 Å². The van der Waals surface area contributed by atoms with Gasteiger partial charge in [-0.25, -0.2) is 0 Å². The number of furan rings is 1. The third kappa shape index (κ3) is 2.83. The van der Waals surface area contributed by atoms with Gasteiger partial charge in [-0.3, -0.25) is 0 Å². The molecule has 0 saturated carbocycles. The molecule has 4 aromatic rings. The third-order valence-corrected chi connectivity index (χ3v) is 4.66. The Labute approximate surface area is 141 Å². The van der Waals surface area contributed by atoms with Crippen molar-refractivity contribution in [1.82, 2.24) is 19.8 Å². The summed E-state index contributed by atoms with van der Waals surface area (Å²) in [6.45, 7) is 0. The first-order chi connectivity index (χ1) is 11.3. The van der Waals surface area contributed by atoms with Gasteiger partial charge in [-0.2, -0.15) is 9.61 Å². The van der Waals surface area contributed by atoms with E-state index in [0.717, 1.165) is 16.3 Å². The highest BCUT2D eigenvalue weighted by Gasteiger charge is 2.11. The topological polar surface area (TPSA) is 56.2 Å². The highest BCUT2D eigenvalue weighted by atomic mass is 35.5. The van der Waals surface area contributed by atoms with Crippen molar-refractivity contribution in [2.75, 3.05) is 0 Å². The minimum Gasteiger partial charge on any atom is -0.463 e. The summed E-state index contributed by atoms with van der Waals surface area (Å²) in [6.07, 6.45) is 1.63. The molecular formula is C16H11ClN4OS. The lowest BCUT2D eigenvalue weighted by molar-refractivity contribution is 0.577. The van der Waals surface area contributed by atoms with Crippen LogP contribution in [0.1, 0.15) is 5.56 Å². The van der Waals surface area contributed by atoms with Gasteiger partial charge in [0, 0.05) is 10.8 Å². The van der Waals surface area contributed by atoms with E-state index in [1.165, 1.54) is 0 Å². The first kappa shape index (κ1) is 14.3. The first-order valence-corrected chi connectivity index (χ1v) is 8.30. The predicted octanol–water partition coefficient (Wildman–Crippen LogP) is 4.33. The molecule has 7 heteroatoms. The van der Waals surface area contributed by atoms with Crippen LogP contribution in [0.3, 0.4) is 0 Å². The SMILES string of the molecule is Clc1ccccc1CSc1nnc2ccc(-c3ccco3)nn12. The van der Waals surface area contributed by atoms with Gasteiger partial charge >= 0.3 is 0 Å². The summed E-state index contributed by atoms with van der Waals surface area (Å²) in [4.78, 5) is 0. The normalized spacial score (nSPS) is 11.2. The van der Waals surface area contributed by atoms with Crippen molar-refractivity contribution in [3.05, 3.63) is 65.4 Å². The van der Waals surface area contributed by atoms with E-state index in [1.54, 1.807) is 22.5 Å². The zero-order valence-corrected chi connectivity index (χ0v) is 13.5. The molecular weight excluding hydrogens is 332 g/mol. The van der Waals surface area contributed by atoms with Crippen molar-refractivity contribution in [3.63, 3.8) is 0 Å². The molecule has 0 unspecified atom stereocenters. The summed E-state index contributed by atoms with van der Waals surface area (Å²) < 4.78 is 7.11. The molecule has 4 rings (SSSR count). The lowest BCUT2D eigenvalue weighted by Crippen LogP contribution is -1.96. The van der Waals surface area contributed by atoms with Crippen LogP contribution in [-0.2, 0) is 5.75 Å². The van der Waals surface area contributed by atoms with Gasteiger partial charge in [-0.05, 0) is 35.9 Å². The van der Waals surface area contributed by atoms with Crippen LogP contribution in [0.25, 0.3) is 17.1 Å². The van der Waals surface area contributed by atoms with Crippen molar-refractivity contribution in [2.24, 2.45) is 0 Å². The van der Waals surface area contributed by atoms with Crippen molar-refractivity contribution in [3.8, 4) is 11.5 Å². The molecule has 0 fully saturated rings. The maximum atomic E-state index is 6.19. The number of thioether (sulfide) groups is 1. The van der Waals surface area contributed by atoms with Gasteiger partial charge in [0.2, 0.25) is 5.16 Å². The minimum atomic E-state index is 0.696. The highest BCUT2D eigenvalue weighted by Crippen LogP contribution is 2.26. The van der Waals surface area contributed by atoms with Gasteiger partial charge in [0.15, 0.2) is 11.4 Å². The zero-order chi connectivity index (χ0) is 15.6. The van der Waals surface area contributed by atoms with E-state index >= 15 is 0 Å². The van der Waals surface area contributed by atoms with Crippen LogP contribution in [0.2, 0.25) is 5.02 Å².